The largest absolute Gasteiger partial charge is 0.363 e. The summed E-state index contributed by atoms with van der Waals surface area (Å²) in [7, 11) is -3.30. The van der Waals surface area contributed by atoms with E-state index in [1.165, 1.54) is 12.6 Å². The second-order valence-electron chi connectivity index (χ2n) is 5.56. The molecule has 1 unspecified atom stereocenters. The number of rotatable bonds is 4. The van der Waals surface area contributed by atoms with Gasteiger partial charge in [0.05, 0.1) is 16.5 Å². The highest BCUT2D eigenvalue weighted by atomic mass is 35.5. The quantitative estimate of drug-likeness (QED) is 0.763. The number of anilines is 1. The van der Waals surface area contributed by atoms with E-state index in [1.54, 1.807) is 18.2 Å². The molecule has 1 atom stereocenters. The third-order valence-electron chi connectivity index (χ3n) is 3.76. The van der Waals surface area contributed by atoms with Crippen molar-refractivity contribution < 1.29 is 8.42 Å². The number of fused-ring (bicyclic) bond motifs is 1. The fraction of sp³-hybridized carbons (Fsp3) is 0.176. The maximum absolute atomic E-state index is 11.8. The molecule has 0 bridgehead atoms. The van der Waals surface area contributed by atoms with Gasteiger partial charge in [0, 0.05) is 16.7 Å². The molecule has 0 aliphatic heterocycles. The van der Waals surface area contributed by atoms with Crippen molar-refractivity contribution >= 4 is 38.2 Å². The number of hydrogen-bond donors (Lipinski definition) is 1. The summed E-state index contributed by atoms with van der Waals surface area (Å²) in [4.78, 5) is 8.69. The van der Waals surface area contributed by atoms with Gasteiger partial charge in [-0.1, -0.05) is 29.8 Å². The molecule has 7 heteroatoms. The lowest BCUT2D eigenvalue weighted by Gasteiger charge is -2.17. The Bertz CT molecular complexity index is 1010. The first-order valence-corrected chi connectivity index (χ1v) is 9.59. The van der Waals surface area contributed by atoms with Gasteiger partial charge in [0.15, 0.2) is 9.84 Å². The molecule has 0 aliphatic rings. The van der Waals surface area contributed by atoms with Gasteiger partial charge < -0.3 is 5.32 Å². The van der Waals surface area contributed by atoms with Crippen LogP contribution in [0.2, 0.25) is 5.02 Å². The van der Waals surface area contributed by atoms with Crippen LogP contribution in [0.5, 0.6) is 0 Å². The monoisotopic (exact) mass is 361 g/mol. The molecule has 0 radical (unpaired) electrons. The minimum absolute atomic E-state index is 0.0984. The van der Waals surface area contributed by atoms with Crippen molar-refractivity contribution in [1.29, 1.82) is 0 Å². The maximum Gasteiger partial charge on any atom is 0.175 e. The summed E-state index contributed by atoms with van der Waals surface area (Å²) in [5, 5.41) is 4.60. The Morgan fingerprint density at radius 1 is 1.12 bits per heavy atom. The van der Waals surface area contributed by atoms with E-state index >= 15 is 0 Å². The fourth-order valence-corrected chi connectivity index (χ4v) is 3.44. The lowest BCUT2D eigenvalue weighted by Crippen LogP contribution is -2.09. The minimum Gasteiger partial charge on any atom is -0.363 e. The lowest BCUT2D eigenvalue weighted by atomic mass is 10.1. The Morgan fingerprint density at radius 2 is 1.88 bits per heavy atom. The molecule has 0 saturated heterocycles. The topological polar surface area (TPSA) is 72.0 Å². The average Bonchev–Trinajstić information content (AvgIpc) is 2.54. The third kappa shape index (κ3) is 3.34. The normalized spacial score (nSPS) is 13.0. The van der Waals surface area contributed by atoms with Crippen LogP contribution >= 0.6 is 11.6 Å². The number of nitrogens with zero attached hydrogens (tertiary/aromatic N) is 2. The Balaban J connectivity index is 2.04. The fourth-order valence-electron chi connectivity index (χ4n) is 2.49. The van der Waals surface area contributed by atoms with Crippen LogP contribution in [0, 0.1) is 0 Å². The summed E-state index contributed by atoms with van der Waals surface area (Å²) >= 11 is 6.24. The second-order valence-corrected chi connectivity index (χ2v) is 7.98. The zero-order valence-corrected chi connectivity index (χ0v) is 14.8. The van der Waals surface area contributed by atoms with Gasteiger partial charge in [0.2, 0.25) is 0 Å². The zero-order valence-electron chi connectivity index (χ0n) is 13.2. The number of halogens is 1. The molecule has 1 N–H and O–H groups in total. The molecular formula is C17H16ClN3O2S. The SMILES string of the molecule is CC(Nc1ncnc2ccc(S(C)(=O)=O)cc12)c1ccccc1Cl. The van der Waals surface area contributed by atoms with E-state index in [2.05, 4.69) is 15.3 Å². The summed E-state index contributed by atoms with van der Waals surface area (Å²) in [6.45, 7) is 1.97. The molecule has 5 nitrogen and oxygen atoms in total. The molecule has 24 heavy (non-hydrogen) atoms. The van der Waals surface area contributed by atoms with Gasteiger partial charge in [-0.15, -0.1) is 0 Å². The van der Waals surface area contributed by atoms with E-state index in [4.69, 9.17) is 11.6 Å². The summed E-state index contributed by atoms with van der Waals surface area (Å²) in [5.74, 6) is 0.568. The van der Waals surface area contributed by atoms with Crippen molar-refractivity contribution in [3.05, 3.63) is 59.4 Å². The molecule has 0 saturated carbocycles. The number of nitrogens with one attached hydrogen (secondary N) is 1. The van der Waals surface area contributed by atoms with E-state index in [0.29, 0.717) is 21.7 Å². The van der Waals surface area contributed by atoms with Crippen LogP contribution in [0.25, 0.3) is 10.9 Å². The van der Waals surface area contributed by atoms with Gasteiger partial charge in [-0.25, -0.2) is 18.4 Å². The van der Waals surface area contributed by atoms with Crippen LogP contribution in [0.4, 0.5) is 5.82 Å². The summed E-state index contributed by atoms with van der Waals surface area (Å²) in [6, 6.07) is 12.3. The van der Waals surface area contributed by atoms with Crippen LogP contribution in [0.15, 0.2) is 53.7 Å². The first kappa shape index (κ1) is 16.7. The van der Waals surface area contributed by atoms with Crippen LogP contribution in [-0.2, 0) is 9.84 Å². The van der Waals surface area contributed by atoms with Gasteiger partial charge in [-0.2, -0.15) is 0 Å². The molecular weight excluding hydrogens is 346 g/mol. The highest BCUT2D eigenvalue weighted by molar-refractivity contribution is 7.90. The lowest BCUT2D eigenvalue weighted by molar-refractivity contribution is 0.602. The Labute approximate surface area is 145 Å². The summed E-state index contributed by atoms with van der Waals surface area (Å²) in [6.07, 6.45) is 2.63. The molecule has 0 fully saturated rings. The van der Waals surface area contributed by atoms with Crippen molar-refractivity contribution in [2.75, 3.05) is 11.6 Å². The zero-order chi connectivity index (χ0) is 17.3. The molecule has 0 amide bonds. The highest BCUT2D eigenvalue weighted by Gasteiger charge is 2.14. The summed E-state index contributed by atoms with van der Waals surface area (Å²) in [5.41, 5.74) is 1.61. The first-order chi connectivity index (χ1) is 11.4. The summed E-state index contributed by atoms with van der Waals surface area (Å²) < 4.78 is 23.6. The Morgan fingerprint density at radius 3 is 2.58 bits per heavy atom. The Kier molecular flexibility index (Phi) is 4.43. The molecule has 3 rings (SSSR count). The molecule has 3 aromatic rings. The maximum atomic E-state index is 11.8. The van der Waals surface area contributed by atoms with E-state index in [0.717, 1.165) is 5.56 Å². The van der Waals surface area contributed by atoms with Gasteiger partial charge in [-0.3, -0.25) is 0 Å². The van der Waals surface area contributed by atoms with Crippen LogP contribution in [-0.4, -0.2) is 24.6 Å². The van der Waals surface area contributed by atoms with E-state index in [1.807, 2.05) is 31.2 Å². The molecule has 1 aromatic heterocycles. The predicted octanol–water partition coefficient (Wildman–Crippen LogP) is 3.86. The van der Waals surface area contributed by atoms with Crippen molar-refractivity contribution in [2.45, 2.75) is 17.9 Å². The minimum atomic E-state index is -3.30. The average molecular weight is 362 g/mol. The molecule has 0 spiro atoms. The number of benzene rings is 2. The number of hydrogen-bond acceptors (Lipinski definition) is 5. The molecule has 0 aliphatic carbocycles. The van der Waals surface area contributed by atoms with E-state index in [-0.39, 0.29) is 10.9 Å². The highest BCUT2D eigenvalue weighted by Crippen LogP contribution is 2.28. The standard InChI is InChI=1S/C17H16ClN3O2S/c1-11(13-5-3-4-6-15(13)18)21-17-14-9-12(24(2,22)23)7-8-16(14)19-10-20-17/h3-11H,1-2H3,(H,19,20,21). The van der Waals surface area contributed by atoms with Gasteiger partial charge in [0.1, 0.15) is 12.1 Å². The predicted molar refractivity (Wildman–Crippen MR) is 96.1 cm³/mol. The van der Waals surface area contributed by atoms with Crippen molar-refractivity contribution in [1.82, 2.24) is 9.97 Å². The number of sulfone groups is 1. The van der Waals surface area contributed by atoms with Gasteiger partial charge in [0.25, 0.3) is 0 Å². The van der Waals surface area contributed by atoms with Gasteiger partial charge >= 0.3 is 0 Å². The molecule has 1 heterocycles. The molecule has 124 valence electrons. The van der Waals surface area contributed by atoms with Crippen molar-refractivity contribution in [3.8, 4) is 0 Å². The van der Waals surface area contributed by atoms with Gasteiger partial charge in [-0.05, 0) is 36.8 Å². The number of aromatic nitrogens is 2. The van der Waals surface area contributed by atoms with Crippen LogP contribution in [0.1, 0.15) is 18.5 Å². The van der Waals surface area contributed by atoms with Crippen LogP contribution < -0.4 is 5.32 Å². The molecule has 2 aromatic carbocycles. The first-order valence-electron chi connectivity index (χ1n) is 7.32. The smallest absolute Gasteiger partial charge is 0.175 e. The van der Waals surface area contributed by atoms with Crippen LogP contribution in [0.3, 0.4) is 0 Å². The second kappa shape index (κ2) is 6.37. The third-order valence-corrected chi connectivity index (χ3v) is 5.21. The van der Waals surface area contributed by atoms with Crippen molar-refractivity contribution in [2.24, 2.45) is 0 Å². The van der Waals surface area contributed by atoms with E-state index in [9.17, 15) is 8.42 Å². The Hall–Kier alpha value is -2.18. The van der Waals surface area contributed by atoms with Crippen molar-refractivity contribution in [3.63, 3.8) is 0 Å². The van der Waals surface area contributed by atoms with E-state index < -0.39 is 9.84 Å².